The topological polar surface area (TPSA) is 125 Å². The van der Waals surface area contributed by atoms with Crippen LogP contribution in [-0.4, -0.2) is 35.6 Å². The number of nitro groups is 1. The molecule has 0 unspecified atom stereocenters. The summed E-state index contributed by atoms with van der Waals surface area (Å²) >= 11 is 0. The van der Waals surface area contributed by atoms with Gasteiger partial charge in [0.1, 0.15) is 6.04 Å². The third kappa shape index (κ3) is 3.22. The number of hydrogen-bond acceptors (Lipinski definition) is 7. The zero-order chi connectivity index (χ0) is 17.1. The van der Waals surface area contributed by atoms with Crippen molar-refractivity contribution in [3.8, 4) is 11.5 Å². The minimum Gasteiger partial charge on any atom is -0.504 e. The average Bonchev–Trinajstić information content (AvgIpc) is 2.46. The lowest BCUT2D eigenvalue weighted by Gasteiger charge is -2.23. The van der Waals surface area contributed by atoms with Crippen LogP contribution in [0.3, 0.4) is 0 Å². The molecule has 0 fully saturated rings. The number of esters is 1. The first-order valence-corrected chi connectivity index (χ1v) is 6.02. The zero-order valence-electron chi connectivity index (χ0n) is 11.7. The first-order valence-electron chi connectivity index (χ1n) is 6.02. The number of rotatable bonds is 6. The monoisotopic (exact) mass is 320 g/mol. The number of phenolic OH excluding ortho intramolecular Hbond substituents is 1. The smallest absolute Gasteiger partial charge is 0.379 e. The highest BCUT2D eigenvalue weighted by Crippen LogP contribution is 2.42. The Labute approximate surface area is 123 Å². The summed E-state index contributed by atoms with van der Waals surface area (Å²) in [5, 5.41) is 20.6. The van der Waals surface area contributed by atoms with Crippen LogP contribution in [0.4, 0.5) is 14.5 Å². The molecule has 0 aliphatic rings. The number of alkyl halides is 2. The van der Waals surface area contributed by atoms with E-state index in [1.807, 2.05) is 0 Å². The van der Waals surface area contributed by atoms with Crippen molar-refractivity contribution in [2.24, 2.45) is 5.73 Å². The standard InChI is InChI=1S/C12H14F2N2O6/c1-3-22-11(18)12(13,14)10(15)7-4-6(16(19)20)5-8(21-2)9(7)17/h4-5,10,17H,3,15H2,1-2H3/t10-/m1/s1. The van der Waals surface area contributed by atoms with E-state index in [1.54, 1.807) is 0 Å². The van der Waals surface area contributed by atoms with Crippen LogP contribution in [0.2, 0.25) is 0 Å². The minimum atomic E-state index is -4.19. The van der Waals surface area contributed by atoms with E-state index in [1.165, 1.54) is 6.92 Å². The molecule has 22 heavy (non-hydrogen) atoms. The van der Waals surface area contributed by atoms with Gasteiger partial charge in [-0.15, -0.1) is 0 Å². The van der Waals surface area contributed by atoms with Crippen LogP contribution in [0.5, 0.6) is 11.5 Å². The number of ether oxygens (including phenoxy) is 2. The lowest BCUT2D eigenvalue weighted by atomic mass is 9.99. The molecule has 0 radical (unpaired) electrons. The predicted octanol–water partition coefficient (Wildman–Crippen LogP) is 1.51. The summed E-state index contributed by atoms with van der Waals surface area (Å²) in [5.74, 6) is -7.32. The number of nitrogens with two attached hydrogens (primary N) is 1. The number of nitro benzene ring substituents is 1. The Balaban J connectivity index is 3.38. The molecule has 8 nitrogen and oxygen atoms in total. The molecule has 122 valence electrons. The Hall–Kier alpha value is -2.49. The van der Waals surface area contributed by atoms with Crippen molar-refractivity contribution in [3.63, 3.8) is 0 Å². The SMILES string of the molecule is CCOC(=O)C(F)(F)[C@H](N)c1cc([N+](=O)[O-])cc(OC)c1O. The second-order valence-electron chi connectivity index (χ2n) is 4.16. The molecule has 0 amide bonds. The Morgan fingerprint density at radius 3 is 2.59 bits per heavy atom. The molecule has 0 saturated heterocycles. The van der Waals surface area contributed by atoms with E-state index < -0.39 is 45.6 Å². The highest BCUT2D eigenvalue weighted by Gasteiger charge is 2.49. The van der Waals surface area contributed by atoms with E-state index in [2.05, 4.69) is 9.47 Å². The number of halogens is 2. The van der Waals surface area contributed by atoms with Crippen LogP contribution in [0, 0.1) is 10.1 Å². The van der Waals surface area contributed by atoms with Crippen molar-refractivity contribution in [1.82, 2.24) is 0 Å². The molecule has 1 aromatic rings. The molecule has 0 spiro atoms. The quantitative estimate of drug-likeness (QED) is 0.462. The largest absolute Gasteiger partial charge is 0.504 e. The average molecular weight is 320 g/mol. The summed E-state index contributed by atoms with van der Waals surface area (Å²) in [7, 11) is 1.08. The number of hydrogen-bond donors (Lipinski definition) is 2. The van der Waals surface area contributed by atoms with E-state index in [0.717, 1.165) is 13.2 Å². The summed E-state index contributed by atoms with van der Waals surface area (Å²) in [6, 6.07) is -0.857. The number of carbonyl (C=O) groups excluding carboxylic acids is 1. The van der Waals surface area contributed by atoms with Gasteiger partial charge in [-0.3, -0.25) is 10.1 Å². The molecule has 0 heterocycles. The fourth-order valence-corrected chi connectivity index (χ4v) is 1.66. The number of benzene rings is 1. The van der Waals surface area contributed by atoms with Gasteiger partial charge in [-0.25, -0.2) is 4.79 Å². The van der Waals surface area contributed by atoms with E-state index in [-0.39, 0.29) is 6.61 Å². The van der Waals surface area contributed by atoms with Crippen molar-refractivity contribution in [2.75, 3.05) is 13.7 Å². The van der Waals surface area contributed by atoms with Gasteiger partial charge in [0.25, 0.3) is 5.69 Å². The summed E-state index contributed by atoms with van der Waals surface area (Å²) < 4.78 is 36.7. The lowest BCUT2D eigenvalue weighted by Crippen LogP contribution is -2.41. The molecule has 1 aromatic carbocycles. The summed E-state index contributed by atoms with van der Waals surface area (Å²) in [5.41, 5.74) is 3.98. The molecular formula is C12H14F2N2O6. The lowest BCUT2D eigenvalue weighted by molar-refractivity contribution is -0.385. The molecule has 0 saturated carbocycles. The maximum Gasteiger partial charge on any atom is 0.379 e. The van der Waals surface area contributed by atoms with Gasteiger partial charge in [-0.1, -0.05) is 0 Å². The van der Waals surface area contributed by atoms with Crippen molar-refractivity contribution < 1.29 is 33.1 Å². The normalized spacial score (nSPS) is 12.6. The maximum atomic E-state index is 13.9. The highest BCUT2D eigenvalue weighted by molar-refractivity contribution is 5.79. The van der Waals surface area contributed by atoms with Gasteiger partial charge in [0, 0.05) is 11.6 Å². The van der Waals surface area contributed by atoms with Crippen LogP contribution in [0.15, 0.2) is 12.1 Å². The fourth-order valence-electron chi connectivity index (χ4n) is 1.66. The molecule has 0 aliphatic heterocycles. The maximum absolute atomic E-state index is 13.9. The Kier molecular flexibility index (Phi) is 5.20. The molecule has 10 heteroatoms. The van der Waals surface area contributed by atoms with Crippen LogP contribution < -0.4 is 10.5 Å². The summed E-state index contributed by atoms with van der Waals surface area (Å²) in [6.07, 6.45) is 0. The number of aromatic hydroxyl groups is 1. The molecule has 0 bridgehead atoms. The van der Waals surface area contributed by atoms with Crippen LogP contribution in [0.1, 0.15) is 18.5 Å². The van der Waals surface area contributed by atoms with Crippen molar-refractivity contribution >= 4 is 11.7 Å². The van der Waals surface area contributed by atoms with E-state index in [0.29, 0.717) is 6.07 Å². The van der Waals surface area contributed by atoms with Crippen molar-refractivity contribution in [2.45, 2.75) is 18.9 Å². The number of carbonyl (C=O) groups is 1. The summed E-state index contributed by atoms with van der Waals surface area (Å²) in [4.78, 5) is 21.2. The van der Waals surface area contributed by atoms with Crippen LogP contribution >= 0.6 is 0 Å². The van der Waals surface area contributed by atoms with Crippen LogP contribution in [-0.2, 0) is 9.53 Å². The molecular weight excluding hydrogens is 306 g/mol. The van der Waals surface area contributed by atoms with Gasteiger partial charge in [0.15, 0.2) is 11.5 Å². The molecule has 3 N–H and O–H groups in total. The Morgan fingerprint density at radius 1 is 1.55 bits per heavy atom. The number of phenols is 1. The minimum absolute atomic E-state index is 0.300. The third-order valence-electron chi connectivity index (χ3n) is 2.79. The molecule has 0 aromatic heterocycles. The van der Waals surface area contributed by atoms with E-state index in [9.17, 15) is 28.8 Å². The molecule has 1 rings (SSSR count). The summed E-state index contributed by atoms with van der Waals surface area (Å²) in [6.45, 7) is 1.03. The second kappa shape index (κ2) is 6.52. The Morgan fingerprint density at radius 2 is 2.14 bits per heavy atom. The van der Waals surface area contributed by atoms with Gasteiger partial charge >= 0.3 is 11.9 Å². The van der Waals surface area contributed by atoms with E-state index >= 15 is 0 Å². The molecule has 1 atom stereocenters. The first kappa shape index (κ1) is 17.6. The number of nitrogens with zero attached hydrogens (tertiary/aromatic N) is 1. The van der Waals surface area contributed by atoms with Gasteiger partial charge in [-0.05, 0) is 6.92 Å². The van der Waals surface area contributed by atoms with Crippen LogP contribution in [0.25, 0.3) is 0 Å². The predicted molar refractivity (Wildman–Crippen MR) is 69.8 cm³/mol. The highest BCUT2D eigenvalue weighted by atomic mass is 19.3. The van der Waals surface area contributed by atoms with Gasteiger partial charge in [0.05, 0.1) is 24.7 Å². The van der Waals surface area contributed by atoms with Gasteiger partial charge in [0.2, 0.25) is 0 Å². The fraction of sp³-hybridized carbons (Fsp3) is 0.417. The third-order valence-corrected chi connectivity index (χ3v) is 2.79. The Bertz CT molecular complexity index is 593. The zero-order valence-corrected chi connectivity index (χ0v) is 11.7. The molecule has 0 aliphatic carbocycles. The van der Waals surface area contributed by atoms with E-state index in [4.69, 9.17) is 5.73 Å². The number of non-ortho nitro benzene ring substituents is 1. The van der Waals surface area contributed by atoms with Crippen molar-refractivity contribution in [1.29, 1.82) is 0 Å². The van der Waals surface area contributed by atoms with Crippen molar-refractivity contribution in [3.05, 3.63) is 27.8 Å². The number of methoxy groups -OCH3 is 1. The van der Waals surface area contributed by atoms with Gasteiger partial charge < -0.3 is 20.3 Å². The van der Waals surface area contributed by atoms with Gasteiger partial charge in [-0.2, -0.15) is 8.78 Å². The second-order valence-corrected chi connectivity index (χ2v) is 4.16. The first-order chi connectivity index (χ1) is 10.2.